The van der Waals surface area contributed by atoms with E-state index in [0.29, 0.717) is 12.8 Å². The quantitative estimate of drug-likeness (QED) is 0.425. The van der Waals surface area contributed by atoms with E-state index in [1.165, 1.54) is 4.90 Å². The van der Waals surface area contributed by atoms with Gasteiger partial charge in [0.15, 0.2) is 0 Å². The maximum absolute atomic E-state index is 13.3. The molecule has 0 saturated carbocycles. The fraction of sp³-hybridized carbons (Fsp3) is 0.370. The van der Waals surface area contributed by atoms with Gasteiger partial charge in [-0.1, -0.05) is 48.5 Å². The Morgan fingerprint density at radius 1 is 1.12 bits per heavy atom. The summed E-state index contributed by atoms with van der Waals surface area (Å²) in [5.74, 6) is -1.57. The summed E-state index contributed by atoms with van der Waals surface area (Å²) < 4.78 is 12.0. The maximum Gasteiger partial charge on any atom is 0.416 e. The number of rotatable bonds is 7. The van der Waals surface area contributed by atoms with Gasteiger partial charge in [0.2, 0.25) is 5.91 Å². The molecular formula is C27H29NO5S. The minimum Gasteiger partial charge on any atom is -0.460 e. The second-order valence-corrected chi connectivity index (χ2v) is 10.5. The molecule has 34 heavy (non-hydrogen) atoms. The molecule has 0 aliphatic carbocycles. The number of cyclic esters (lactones) is 1. The van der Waals surface area contributed by atoms with E-state index in [4.69, 9.17) is 9.47 Å². The van der Waals surface area contributed by atoms with Gasteiger partial charge in [0.1, 0.15) is 12.2 Å². The van der Waals surface area contributed by atoms with Crippen molar-refractivity contribution in [2.75, 3.05) is 6.61 Å². The summed E-state index contributed by atoms with van der Waals surface area (Å²) in [6, 6.07) is 17.3. The van der Waals surface area contributed by atoms with Gasteiger partial charge >= 0.3 is 12.1 Å². The first-order valence-electron chi connectivity index (χ1n) is 11.4. The van der Waals surface area contributed by atoms with Crippen LogP contribution in [0.15, 0.2) is 60.0 Å². The molecule has 0 spiro atoms. The first kappa shape index (κ1) is 24.0. The summed E-state index contributed by atoms with van der Waals surface area (Å²) in [5.41, 5.74) is 1.32. The molecular weight excluding hydrogens is 450 g/mol. The molecule has 1 saturated heterocycles. The van der Waals surface area contributed by atoms with Crippen molar-refractivity contribution in [3.05, 3.63) is 71.1 Å². The highest BCUT2D eigenvalue weighted by Crippen LogP contribution is 2.30. The zero-order valence-electron chi connectivity index (χ0n) is 19.7. The average molecular weight is 480 g/mol. The number of ether oxygens (including phenoxy) is 2. The van der Waals surface area contributed by atoms with E-state index in [9.17, 15) is 14.4 Å². The second kappa shape index (κ2) is 9.97. The molecule has 2 amide bonds. The minimum absolute atomic E-state index is 0.126. The third kappa shape index (κ3) is 5.65. The molecule has 7 heteroatoms. The number of hydrogen-bond donors (Lipinski definition) is 0. The normalized spacial score (nSPS) is 17.0. The lowest BCUT2D eigenvalue weighted by Crippen LogP contribution is -2.42. The zero-order valence-corrected chi connectivity index (χ0v) is 20.5. The zero-order chi connectivity index (χ0) is 24.3. The van der Waals surface area contributed by atoms with Crippen LogP contribution in [0.3, 0.4) is 0 Å². The molecule has 1 aromatic heterocycles. The number of carbonyl (C=O) groups excluding carboxylic acids is 3. The van der Waals surface area contributed by atoms with Gasteiger partial charge in [-0.25, -0.2) is 9.69 Å². The Labute approximate surface area is 203 Å². The van der Waals surface area contributed by atoms with Crippen LogP contribution < -0.4 is 0 Å². The summed E-state index contributed by atoms with van der Waals surface area (Å²) in [7, 11) is 0. The van der Waals surface area contributed by atoms with E-state index in [0.717, 1.165) is 21.2 Å². The number of nitrogens with zero attached hydrogens (tertiary/aromatic N) is 1. The van der Waals surface area contributed by atoms with E-state index >= 15 is 0 Å². The lowest BCUT2D eigenvalue weighted by molar-refractivity contribution is -0.161. The molecule has 0 bridgehead atoms. The highest BCUT2D eigenvalue weighted by atomic mass is 32.1. The lowest BCUT2D eigenvalue weighted by atomic mass is 9.94. The van der Waals surface area contributed by atoms with E-state index in [1.54, 1.807) is 32.1 Å². The summed E-state index contributed by atoms with van der Waals surface area (Å²) in [4.78, 5) is 40.1. The van der Waals surface area contributed by atoms with Crippen molar-refractivity contribution in [3.63, 3.8) is 0 Å². The highest BCUT2D eigenvalue weighted by molar-refractivity contribution is 7.17. The number of amides is 2. The first-order valence-corrected chi connectivity index (χ1v) is 12.3. The Bertz CT molecular complexity index is 1180. The van der Waals surface area contributed by atoms with E-state index < -0.39 is 35.5 Å². The van der Waals surface area contributed by atoms with Crippen LogP contribution in [0, 0.1) is 5.92 Å². The molecule has 0 N–H and O–H groups in total. The van der Waals surface area contributed by atoms with Crippen LogP contribution in [0.25, 0.3) is 10.1 Å². The molecule has 6 nitrogen and oxygen atoms in total. The third-order valence-corrected chi connectivity index (χ3v) is 6.74. The van der Waals surface area contributed by atoms with Crippen LogP contribution in [0.5, 0.6) is 0 Å². The van der Waals surface area contributed by atoms with Crippen molar-refractivity contribution in [1.82, 2.24) is 4.90 Å². The van der Waals surface area contributed by atoms with Crippen LogP contribution in [-0.2, 0) is 31.9 Å². The molecule has 3 aromatic rings. The lowest BCUT2D eigenvalue weighted by Gasteiger charge is -2.25. The summed E-state index contributed by atoms with van der Waals surface area (Å²) in [6.07, 6.45) is 0.0795. The van der Waals surface area contributed by atoms with Crippen molar-refractivity contribution in [2.45, 2.75) is 51.7 Å². The smallest absolute Gasteiger partial charge is 0.416 e. The van der Waals surface area contributed by atoms with Crippen molar-refractivity contribution in [1.29, 1.82) is 0 Å². The van der Waals surface area contributed by atoms with Gasteiger partial charge in [0.25, 0.3) is 0 Å². The third-order valence-electron chi connectivity index (χ3n) is 5.73. The number of hydrogen-bond acceptors (Lipinski definition) is 6. The summed E-state index contributed by atoms with van der Waals surface area (Å²) >= 11 is 1.61. The molecule has 2 aromatic carbocycles. The Balaban J connectivity index is 1.55. The van der Waals surface area contributed by atoms with Crippen molar-refractivity contribution in [2.24, 2.45) is 5.92 Å². The van der Waals surface area contributed by atoms with Gasteiger partial charge in [0, 0.05) is 11.1 Å². The van der Waals surface area contributed by atoms with Gasteiger partial charge in [-0.15, -0.1) is 11.3 Å². The first-order chi connectivity index (χ1) is 16.2. The predicted octanol–water partition coefficient (Wildman–Crippen LogP) is 5.38. The molecule has 2 unspecified atom stereocenters. The number of carbonyl (C=O) groups is 3. The Hall–Kier alpha value is -3.19. The standard InChI is InChI=1S/C27H29NO5S/c1-27(2,3)33-25(30)19(14-20-17-34-23-12-8-7-11-22(20)23)15-24(29)28-21(16-32-26(28)31)13-18-9-5-4-6-10-18/h4-12,17,19,21H,13-16H2,1-3H3. The van der Waals surface area contributed by atoms with E-state index in [2.05, 4.69) is 0 Å². The molecule has 2 heterocycles. The van der Waals surface area contributed by atoms with Crippen LogP contribution in [-0.4, -0.2) is 41.1 Å². The second-order valence-electron chi connectivity index (χ2n) is 9.58. The molecule has 1 aliphatic rings. The summed E-state index contributed by atoms with van der Waals surface area (Å²) in [5, 5.41) is 3.09. The maximum atomic E-state index is 13.3. The number of thiophene rings is 1. The van der Waals surface area contributed by atoms with E-state index in [1.807, 2.05) is 60.0 Å². The Morgan fingerprint density at radius 2 is 1.82 bits per heavy atom. The molecule has 178 valence electrons. The average Bonchev–Trinajstić information content (AvgIpc) is 3.36. The molecule has 2 atom stereocenters. The fourth-order valence-corrected chi connectivity index (χ4v) is 5.17. The van der Waals surface area contributed by atoms with Crippen LogP contribution in [0.1, 0.15) is 38.3 Å². The fourth-order valence-electron chi connectivity index (χ4n) is 4.19. The molecule has 0 radical (unpaired) electrons. The topological polar surface area (TPSA) is 72.9 Å². The SMILES string of the molecule is CC(C)(C)OC(=O)C(CC(=O)N1C(=O)OCC1Cc1ccccc1)Cc1csc2ccccc12. The van der Waals surface area contributed by atoms with Gasteiger partial charge < -0.3 is 9.47 Å². The minimum atomic E-state index is -0.712. The largest absolute Gasteiger partial charge is 0.460 e. The van der Waals surface area contributed by atoms with Crippen LogP contribution in [0.2, 0.25) is 0 Å². The number of benzene rings is 2. The van der Waals surface area contributed by atoms with Gasteiger partial charge in [-0.2, -0.15) is 0 Å². The number of imide groups is 1. The Morgan fingerprint density at radius 3 is 2.56 bits per heavy atom. The van der Waals surface area contributed by atoms with E-state index in [-0.39, 0.29) is 13.0 Å². The molecule has 1 aliphatic heterocycles. The van der Waals surface area contributed by atoms with Gasteiger partial charge in [0.05, 0.1) is 12.0 Å². The monoisotopic (exact) mass is 479 g/mol. The van der Waals surface area contributed by atoms with Gasteiger partial charge in [-0.05, 0) is 61.6 Å². The summed E-state index contributed by atoms with van der Waals surface area (Å²) in [6.45, 7) is 5.55. The molecule has 1 fully saturated rings. The highest BCUT2D eigenvalue weighted by Gasteiger charge is 2.40. The molecule has 4 rings (SSSR count). The number of esters is 1. The van der Waals surface area contributed by atoms with Crippen molar-refractivity contribution < 1.29 is 23.9 Å². The van der Waals surface area contributed by atoms with Gasteiger partial charge in [-0.3, -0.25) is 9.59 Å². The van der Waals surface area contributed by atoms with Crippen LogP contribution in [0.4, 0.5) is 4.79 Å². The van der Waals surface area contributed by atoms with Crippen LogP contribution >= 0.6 is 11.3 Å². The van der Waals surface area contributed by atoms with Crippen molar-refractivity contribution in [3.8, 4) is 0 Å². The van der Waals surface area contributed by atoms with Crippen molar-refractivity contribution >= 4 is 39.4 Å². The Kier molecular flexibility index (Phi) is 7.03. The predicted molar refractivity (Wildman–Crippen MR) is 132 cm³/mol. The number of fused-ring (bicyclic) bond motifs is 1.